The number of benzene rings is 1. The van der Waals surface area contributed by atoms with E-state index in [0.29, 0.717) is 24.1 Å². The van der Waals surface area contributed by atoms with E-state index in [1.165, 1.54) is 24.5 Å². The predicted octanol–water partition coefficient (Wildman–Crippen LogP) is 2.53. The van der Waals surface area contributed by atoms with Gasteiger partial charge in [0.1, 0.15) is 5.69 Å². The first kappa shape index (κ1) is 15.9. The summed E-state index contributed by atoms with van der Waals surface area (Å²) in [6.07, 6.45) is 0.799. The molecule has 23 heavy (non-hydrogen) atoms. The maximum atomic E-state index is 14.0. The van der Waals surface area contributed by atoms with Crippen LogP contribution in [-0.4, -0.2) is 29.2 Å². The van der Waals surface area contributed by atoms with Gasteiger partial charge in [-0.15, -0.1) is 11.3 Å². The lowest BCUT2D eigenvalue weighted by Crippen LogP contribution is -2.41. The van der Waals surface area contributed by atoms with Gasteiger partial charge in [-0.25, -0.2) is 9.37 Å². The molecule has 0 bridgehead atoms. The molecular weight excluding hydrogens is 319 g/mol. The van der Waals surface area contributed by atoms with Crippen LogP contribution in [0.25, 0.3) is 0 Å². The Morgan fingerprint density at radius 3 is 2.87 bits per heavy atom. The number of hydrogen-bond acceptors (Lipinski definition) is 5. The van der Waals surface area contributed by atoms with Gasteiger partial charge in [-0.3, -0.25) is 4.79 Å². The molecule has 5 nitrogen and oxygen atoms in total. The number of carbonyl (C=O) groups is 1. The van der Waals surface area contributed by atoms with E-state index in [9.17, 15) is 14.3 Å². The zero-order valence-corrected chi connectivity index (χ0v) is 13.3. The van der Waals surface area contributed by atoms with Gasteiger partial charge in [0, 0.05) is 5.38 Å². The molecule has 1 unspecified atom stereocenters. The number of methoxy groups -OCH3 is 1. The molecular formula is C16H17FN2O3S. The molecule has 0 radical (unpaired) electrons. The van der Waals surface area contributed by atoms with Crippen LogP contribution in [0.2, 0.25) is 0 Å². The number of hydrogen-bond donors (Lipinski definition) is 2. The fourth-order valence-electron chi connectivity index (χ4n) is 2.79. The van der Waals surface area contributed by atoms with E-state index >= 15 is 0 Å². The maximum Gasteiger partial charge on any atom is 0.271 e. The van der Waals surface area contributed by atoms with E-state index < -0.39 is 5.82 Å². The topological polar surface area (TPSA) is 71.5 Å². The lowest BCUT2D eigenvalue weighted by molar-refractivity contribution is 0.0234. The van der Waals surface area contributed by atoms with Crippen LogP contribution in [0.4, 0.5) is 4.39 Å². The van der Waals surface area contributed by atoms with Crippen molar-refractivity contribution in [3.8, 4) is 5.75 Å². The van der Waals surface area contributed by atoms with E-state index in [2.05, 4.69) is 10.3 Å². The Hall–Kier alpha value is -1.99. The summed E-state index contributed by atoms with van der Waals surface area (Å²) in [5, 5.41) is 14.1. The summed E-state index contributed by atoms with van der Waals surface area (Å²) in [4.78, 5) is 16.3. The molecule has 2 aromatic rings. The molecule has 1 heterocycles. The number of aliphatic hydroxyl groups is 1. The van der Waals surface area contributed by atoms with Crippen molar-refractivity contribution >= 4 is 17.2 Å². The number of halogens is 1. The summed E-state index contributed by atoms with van der Waals surface area (Å²) >= 11 is 1.34. The van der Waals surface area contributed by atoms with Crippen LogP contribution in [0.1, 0.15) is 34.9 Å². The van der Waals surface area contributed by atoms with Crippen LogP contribution < -0.4 is 10.1 Å². The highest BCUT2D eigenvalue weighted by Crippen LogP contribution is 2.39. The van der Waals surface area contributed by atoms with Crippen molar-refractivity contribution in [2.75, 3.05) is 7.11 Å². The van der Waals surface area contributed by atoms with Gasteiger partial charge in [0.2, 0.25) is 0 Å². The van der Waals surface area contributed by atoms with Crippen LogP contribution in [0.3, 0.4) is 0 Å². The second-order valence-corrected chi connectivity index (χ2v) is 6.32. The summed E-state index contributed by atoms with van der Waals surface area (Å²) < 4.78 is 18.9. The third-order valence-corrected chi connectivity index (χ3v) is 4.69. The number of nitrogens with one attached hydrogen (secondary N) is 1. The van der Waals surface area contributed by atoms with E-state index in [0.717, 1.165) is 0 Å². The Balaban J connectivity index is 1.83. The van der Waals surface area contributed by atoms with Gasteiger partial charge in [0.15, 0.2) is 11.6 Å². The number of aromatic nitrogens is 1. The van der Waals surface area contributed by atoms with Crippen LogP contribution >= 0.6 is 11.3 Å². The Kier molecular flexibility index (Phi) is 4.58. The molecule has 1 amide bonds. The second-order valence-electron chi connectivity index (χ2n) is 5.60. The molecule has 122 valence electrons. The summed E-state index contributed by atoms with van der Waals surface area (Å²) in [6, 6.07) is 4.28. The molecule has 2 N–H and O–H groups in total. The van der Waals surface area contributed by atoms with E-state index in [1.807, 2.05) is 0 Å². The summed E-state index contributed by atoms with van der Waals surface area (Å²) in [6.45, 7) is 0. The Morgan fingerprint density at radius 2 is 2.30 bits per heavy atom. The number of ether oxygens (including phenoxy) is 1. The lowest BCUT2D eigenvalue weighted by atomic mass is 9.75. The van der Waals surface area contributed by atoms with Crippen LogP contribution in [-0.2, 0) is 0 Å². The van der Waals surface area contributed by atoms with Crippen molar-refractivity contribution in [1.82, 2.24) is 10.3 Å². The average Bonchev–Trinajstić information content (AvgIpc) is 3.04. The van der Waals surface area contributed by atoms with Crippen LogP contribution in [0.5, 0.6) is 5.75 Å². The minimum Gasteiger partial charge on any atom is -0.494 e. The molecule has 1 aromatic heterocycles. The molecule has 1 aromatic carbocycles. The maximum absolute atomic E-state index is 14.0. The third kappa shape index (κ3) is 3.35. The number of nitrogens with zero attached hydrogens (tertiary/aromatic N) is 1. The standard InChI is InChI=1S/C16H17FN2O3S/c1-22-14-3-2-9(6-12(14)17)15(10-4-11(20)5-10)19-16(21)13-7-23-8-18-13/h2-3,6-8,10-11,15,20H,4-5H2,1H3,(H,19,21). The van der Waals surface area contributed by atoms with Gasteiger partial charge >= 0.3 is 0 Å². The van der Waals surface area contributed by atoms with Gasteiger partial charge in [-0.2, -0.15) is 0 Å². The smallest absolute Gasteiger partial charge is 0.271 e. The first-order valence-electron chi connectivity index (χ1n) is 7.29. The molecule has 1 aliphatic carbocycles. The number of rotatable bonds is 5. The van der Waals surface area contributed by atoms with Crippen LogP contribution in [0.15, 0.2) is 29.1 Å². The van der Waals surface area contributed by atoms with Crippen molar-refractivity contribution in [2.45, 2.75) is 25.0 Å². The molecule has 1 aliphatic rings. The van der Waals surface area contributed by atoms with Crippen molar-refractivity contribution < 1.29 is 19.0 Å². The number of amides is 1. The highest BCUT2D eigenvalue weighted by atomic mass is 32.1. The highest BCUT2D eigenvalue weighted by molar-refractivity contribution is 7.07. The van der Waals surface area contributed by atoms with Gasteiger partial charge in [0.25, 0.3) is 5.91 Å². The van der Waals surface area contributed by atoms with Crippen molar-refractivity contribution in [3.63, 3.8) is 0 Å². The zero-order valence-electron chi connectivity index (χ0n) is 12.5. The summed E-state index contributed by atoms with van der Waals surface area (Å²) in [5.74, 6) is -0.543. The van der Waals surface area contributed by atoms with Crippen LogP contribution in [0, 0.1) is 11.7 Å². The van der Waals surface area contributed by atoms with Gasteiger partial charge in [-0.1, -0.05) is 6.07 Å². The van der Waals surface area contributed by atoms with Crippen molar-refractivity contribution in [2.24, 2.45) is 5.92 Å². The van der Waals surface area contributed by atoms with Gasteiger partial charge in [-0.05, 0) is 36.5 Å². The monoisotopic (exact) mass is 336 g/mol. The fraction of sp³-hybridized carbons (Fsp3) is 0.375. The lowest BCUT2D eigenvalue weighted by Gasteiger charge is -2.38. The minimum absolute atomic E-state index is 0.0698. The quantitative estimate of drug-likeness (QED) is 0.880. The van der Waals surface area contributed by atoms with Crippen molar-refractivity contribution in [1.29, 1.82) is 0 Å². The van der Waals surface area contributed by atoms with E-state index in [4.69, 9.17) is 4.74 Å². The molecule has 0 saturated heterocycles. The predicted molar refractivity (Wildman–Crippen MR) is 84.0 cm³/mol. The molecule has 1 atom stereocenters. The SMILES string of the molecule is COc1ccc(C(NC(=O)c2cscn2)C2CC(O)C2)cc1F. The van der Waals surface area contributed by atoms with E-state index in [1.54, 1.807) is 23.0 Å². The molecule has 7 heteroatoms. The largest absolute Gasteiger partial charge is 0.494 e. The third-order valence-electron chi connectivity index (χ3n) is 4.11. The average molecular weight is 336 g/mol. The molecule has 3 rings (SSSR count). The fourth-order valence-corrected chi connectivity index (χ4v) is 3.32. The summed E-state index contributed by atoms with van der Waals surface area (Å²) in [7, 11) is 1.40. The Morgan fingerprint density at radius 1 is 1.52 bits per heavy atom. The van der Waals surface area contributed by atoms with Gasteiger partial charge < -0.3 is 15.2 Å². The van der Waals surface area contributed by atoms with E-state index in [-0.39, 0.29) is 29.7 Å². The molecule has 1 fully saturated rings. The molecule has 1 saturated carbocycles. The minimum atomic E-state index is -0.474. The molecule has 0 spiro atoms. The normalized spacial score (nSPS) is 21.3. The van der Waals surface area contributed by atoms with Crippen molar-refractivity contribution in [3.05, 3.63) is 46.2 Å². The highest BCUT2D eigenvalue weighted by Gasteiger charge is 2.36. The number of aliphatic hydroxyl groups excluding tert-OH is 1. The first-order valence-corrected chi connectivity index (χ1v) is 8.23. The number of carbonyl (C=O) groups excluding carboxylic acids is 1. The first-order chi connectivity index (χ1) is 11.1. The summed E-state index contributed by atoms with van der Waals surface area (Å²) in [5.41, 5.74) is 2.59. The Bertz CT molecular complexity index is 687. The molecule has 0 aliphatic heterocycles. The Labute approximate surface area is 137 Å². The number of thiazole rings is 1. The second kappa shape index (κ2) is 6.64. The zero-order chi connectivity index (χ0) is 16.4. The van der Waals surface area contributed by atoms with Gasteiger partial charge in [0.05, 0.1) is 24.8 Å².